The lowest BCUT2D eigenvalue weighted by molar-refractivity contribution is 0.102. The second kappa shape index (κ2) is 8.20. The first-order chi connectivity index (χ1) is 13.3. The number of sulfone groups is 1. The number of benzene rings is 2. The Morgan fingerprint density at radius 1 is 1.18 bits per heavy atom. The fourth-order valence-electron chi connectivity index (χ4n) is 2.62. The summed E-state index contributed by atoms with van der Waals surface area (Å²) in [5.74, 6) is -0.843. The molecule has 0 aliphatic carbocycles. The Kier molecular flexibility index (Phi) is 5.90. The van der Waals surface area contributed by atoms with E-state index in [9.17, 15) is 17.6 Å². The van der Waals surface area contributed by atoms with Crippen LogP contribution in [0.15, 0.2) is 59.6 Å². The summed E-state index contributed by atoms with van der Waals surface area (Å²) in [4.78, 5) is 17.7. The molecule has 0 saturated carbocycles. The van der Waals surface area contributed by atoms with Gasteiger partial charge in [-0.1, -0.05) is 24.3 Å². The van der Waals surface area contributed by atoms with Crippen LogP contribution in [-0.2, 0) is 16.3 Å². The molecule has 0 aliphatic heterocycles. The smallest absolute Gasteiger partial charge is 0.258 e. The van der Waals surface area contributed by atoms with Crippen molar-refractivity contribution in [3.63, 3.8) is 0 Å². The van der Waals surface area contributed by atoms with Gasteiger partial charge in [0.15, 0.2) is 15.0 Å². The molecule has 1 aromatic heterocycles. The molecule has 0 saturated heterocycles. The minimum atomic E-state index is -3.60. The molecule has 0 radical (unpaired) electrons. The molecule has 146 valence electrons. The number of nitrogens with one attached hydrogen (secondary N) is 1. The Bertz CT molecular complexity index is 1110. The molecule has 0 spiro atoms. The van der Waals surface area contributed by atoms with Crippen LogP contribution < -0.4 is 5.32 Å². The Labute approximate surface area is 167 Å². The minimum Gasteiger partial charge on any atom is -0.298 e. The van der Waals surface area contributed by atoms with Gasteiger partial charge in [-0.3, -0.25) is 10.1 Å². The topological polar surface area (TPSA) is 76.1 Å². The normalized spacial score (nSPS) is 11.6. The highest BCUT2D eigenvalue weighted by molar-refractivity contribution is 7.92. The average Bonchev–Trinajstić information content (AvgIpc) is 3.08. The van der Waals surface area contributed by atoms with Crippen LogP contribution in [0.5, 0.6) is 0 Å². The SMILES string of the molecule is CC(C)S(=O)(=O)c1ccccc1C(=O)Nc1ncc(Cc2cccc(F)c2)s1. The van der Waals surface area contributed by atoms with Crippen molar-refractivity contribution >= 4 is 32.2 Å². The number of nitrogens with zero attached hydrogens (tertiary/aromatic N) is 1. The van der Waals surface area contributed by atoms with Crippen LogP contribution in [0.4, 0.5) is 9.52 Å². The summed E-state index contributed by atoms with van der Waals surface area (Å²) in [5, 5.41) is 2.37. The lowest BCUT2D eigenvalue weighted by atomic mass is 10.1. The number of hydrogen-bond acceptors (Lipinski definition) is 5. The zero-order valence-corrected chi connectivity index (χ0v) is 17.0. The highest BCUT2D eigenvalue weighted by Crippen LogP contribution is 2.25. The number of thiazole rings is 1. The third-order valence-electron chi connectivity index (χ3n) is 4.10. The first-order valence-electron chi connectivity index (χ1n) is 8.61. The number of carbonyl (C=O) groups is 1. The van der Waals surface area contributed by atoms with Crippen molar-refractivity contribution in [1.29, 1.82) is 0 Å². The molecule has 28 heavy (non-hydrogen) atoms. The predicted molar refractivity (Wildman–Crippen MR) is 108 cm³/mol. The molecule has 0 fully saturated rings. The molecule has 3 aromatic rings. The van der Waals surface area contributed by atoms with Gasteiger partial charge in [0.05, 0.1) is 15.7 Å². The van der Waals surface area contributed by atoms with Gasteiger partial charge in [0, 0.05) is 17.5 Å². The number of halogens is 1. The molecule has 0 unspecified atom stereocenters. The third kappa shape index (κ3) is 4.45. The molecular formula is C20H19FN2O3S2. The van der Waals surface area contributed by atoms with Crippen molar-refractivity contribution in [3.8, 4) is 0 Å². The monoisotopic (exact) mass is 418 g/mol. The lowest BCUT2D eigenvalue weighted by Gasteiger charge is -2.12. The van der Waals surface area contributed by atoms with E-state index in [0.717, 1.165) is 10.4 Å². The van der Waals surface area contributed by atoms with Gasteiger partial charge in [-0.25, -0.2) is 17.8 Å². The molecule has 1 amide bonds. The maximum atomic E-state index is 13.3. The van der Waals surface area contributed by atoms with E-state index in [4.69, 9.17) is 0 Å². The highest BCUT2D eigenvalue weighted by Gasteiger charge is 2.25. The second-order valence-corrected chi connectivity index (χ2v) is 10.1. The van der Waals surface area contributed by atoms with Gasteiger partial charge in [-0.05, 0) is 43.7 Å². The van der Waals surface area contributed by atoms with E-state index >= 15 is 0 Å². The van der Waals surface area contributed by atoms with Crippen molar-refractivity contribution < 1.29 is 17.6 Å². The summed E-state index contributed by atoms with van der Waals surface area (Å²) in [6.07, 6.45) is 2.10. The van der Waals surface area contributed by atoms with E-state index in [1.165, 1.54) is 35.6 Å². The minimum absolute atomic E-state index is 0.000889. The molecule has 1 heterocycles. The average molecular weight is 419 g/mol. The van der Waals surface area contributed by atoms with E-state index in [-0.39, 0.29) is 16.3 Å². The number of rotatable bonds is 6. The van der Waals surface area contributed by atoms with E-state index < -0.39 is 21.0 Å². The molecule has 3 rings (SSSR count). The molecule has 0 atom stereocenters. The van der Waals surface area contributed by atoms with Crippen LogP contribution in [0.25, 0.3) is 0 Å². The van der Waals surface area contributed by atoms with E-state index in [2.05, 4.69) is 10.3 Å². The highest BCUT2D eigenvalue weighted by atomic mass is 32.2. The predicted octanol–water partition coefficient (Wildman–Crippen LogP) is 4.31. The first-order valence-corrected chi connectivity index (χ1v) is 11.0. The Morgan fingerprint density at radius 3 is 2.64 bits per heavy atom. The molecule has 0 bridgehead atoms. The van der Waals surface area contributed by atoms with Gasteiger partial charge < -0.3 is 0 Å². The van der Waals surface area contributed by atoms with Crippen molar-refractivity contribution in [2.45, 2.75) is 30.4 Å². The van der Waals surface area contributed by atoms with Gasteiger partial charge in [0.1, 0.15) is 5.82 Å². The Morgan fingerprint density at radius 2 is 1.93 bits per heavy atom. The maximum Gasteiger partial charge on any atom is 0.258 e. The van der Waals surface area contributed by atoms with Crippen molar-refractivity contribution in [3.05, 3.63) is 76.5 Å². The summed E-state index contributed by atoms with van der Waals surface area (Å²) in [5.41, 5.74) is 0.882. The largest absolute Gasteiger partial charge is 0.298 e. The number of anilines is 1. The standard InChI is InChI=1S/C20H19FN2O3S2/c1-13(2)28(25,26)18-9-4-3-8-17(18)19(24)23-20-22-12-16(27-20)11-14-6-5-7-15(21)10-14/h3-10,12-13H,11H2,1-2H3,(H,22,23,24). The first kappa shape index (κ1) is 20.2. The van der Waals surface area contributed by atoms with Crippen molar-refractivity contribution in [2.75, 3.05) is 5.32 Å². The number of amides is 1. The van der Waals surface area contributed by atoms with Gasteiger partial charge in [-0.2, -0.15) is 0 Å². The summed E-state index contributed by atoms with van der Waals surface area (Å²) in [6.45, 7) is 3.15. The fraction of sp³-hybridized carbons (Fsp3) is 0.200. The van der Waals surface area contributed by atoms with Gasteiger partial charge in [0.25, 0.3) is 5.91 Å². The van der Waals surface area contributed by atoms with Crippen LogP contribution >= 0.6 is 11.3 Å². The van der Waals surface area contributed by atoms with E-state index in [1.54, 1.807) is 38.2 Å². The number of carbonyl (C=O) groups excluding carboxylic acids is 1. The van der Waals surface area contributed by atoms with Crippen molar-refractivity contribution in [2.24, 2.45) is 0 Å². The van der Waals surface area contributed by atoms with Crippen LogP contribution in [0, 0.1) is 5.82 Å². The maximum absolute atomic E-state index is 13.3. The second-order valence-electron chi connectivity index (χ2n) is 6.48. The van der Waals surface area contributed by atoms with Crippen LogP contribution in [-0.4, -0.2) is 24.6 Å². The van der Waals surface area contributed by atoms with Crippen molar-refractivity contribution in [1.82, 2.24) is 4.98 Å². The van der Waals surface area contributed by atoms with Crippen LogP contribution in [0.2, 0.25) is 0 Å². The Balaban J connectivity index is 1.79. The van der Waals surface area contributed by atoms with E-state index in [1.807, 2.05) is 6.07 Å². The van der Waals surface area contributed by atoms with Gasteiger partial charge >= 0.3 is 0 Å². The lowest BCUT2D eigenvalue weighted by Crippen LogP contribution is -2.20. The molecular weight excluding hydrogens is 399 g/mol. The van der Waals surface area contributed by atoms with Gasteiger partial charge in [-0.15, -0.1) is 11.3 Å². The molecule has 0 aliphatic rings. The summed E-state index contributed by atoms with van der Waals surface area (Å²) >= 11 is 1.26. The molecule has 1 N–H and O–H groups in total. The third-order valence-corrected chi connectivity index (χ3v) is 7.22. The fourth-order valence-corrected chi connectivity index (χ4v) is 4.70. The van der Waals surface area contributed by atoms with Crippen LogP contribution in [0.1, 0.15) is 34.6 Å². The van der Waals surface area contributed by atoms with Gasteiger partial charge in [0.2, 0.25) is 0 Å². The molecule has 5 nitrogen and oxygen atoms in total. The summed E-state index contributed by atoms with van der Waals surface area (Å²) in [7, 11) is -3.60. The zero-order chi connectivity index (χ0) is 20.3. The summed E-state index contributed by atoms with van der Waals surface area (Å²) in [6, 6.07) is 12.4. The summed E-state index contributed by atoms with van der Waals surface area (Å²) < 4.78 is 38.3. The quantitative estimate of drug-likeness (QED) is 0.647. The number of hydrogen-bond donors (Lipinski definition) is 1. The zero-order valence-electron chi connectivity index (χ0n) is 15.3. The molecule has 8 heteroatoms. The van der Waals surface area contributed by atoms with Crippen LogP contribution in [0.3, 0.4) is 0 Å². The Hall–Kier alpha value is -2.58. The molecule has 2 aromatic carbocycles. The number of aromatic nitrogens is 1. The van der Waals surface area contributed by atoms with E-state index in [0.29, 0.717) is 11.6 Å².